The lowest BCUT2D eigenvalue weighted by Crippen LogP contribution is -2.16. The van der Waals surface area contributed by atoms with Crippen molar-refractivity contribution in [1.82, 2.24) is 0 Å². The lowest BCUT2D eigenvalue weighted by molar-refractivity contribution is 0.627. The van der Waals surface area contributed by atoms with Crippen molar-refractivity contribution in [2.75, 3.05) is 9.80 Å². The number of hydrogen-bond donors (Lipinski definition) is 0. The molecule has 0 fully saturated rings. The zero-order valence-electron chi connectivity index (χ0n) is 27.9. The fraction of sp³-hybridized carbons (Fsp3) is 0.0667. The minimum atomic E-state index is -0.340. The van der Waals surface area contributed by atoms with Gasteiger partial charge in [0.25, 0.3) is 0 Å². The van der Waals surface area contributed by atoms with E-state index in [0.29, 0.717) is 11.1 Å². The highest BCUT2D eigenvalue weighted by atomic mass is 19.1. The van der Waals surface area contributed by atoms with Gasteiger partial charge in [-0.1, -0.05) is 26.0 Å². The van der Waals surface area contributed by atoms with Crippen molar-refractivity contribution in [3.05, 3.63) is 179 Å². The lowest BCUT2D eigenvalue weighted by Gasteiger charge is -2.28. The Kier molecular flexibility index (Phi) is 7.59. The van der Waals surface area contributed by atoms with Crippen LogP contribution in [-0.4, -0.2) is 0 Å². The number of fused-ring (bicyclic) bond motifs is 4. The third-order valence-electron chi connectivity index (χ3n) is 9.80. The van der Waals surface area contributed by atoms with Crippen LogP contribution in [0.2, 0.25) is 0 Å². The van der Waals surface area contributed by atoms with E-state index >= 15 is 0 Å². The van der Waals surface area contributed by atoms with Gasteiger partial charge in [-0.15, -0.1) is 0 Å². The van der Waals surface area contributed by atoms with Gasteiger partial charge in [0.05, 0.1) is 23.3 Å². The van der Waals surface area contributed by atoms with Crippen LogP contribution in [0, 0.1) is 34.3 Å². The first-order valence-electron chi connectivity index (χ1n) is 16.6. The van der Waals surface area contributed by atoms with E-state index in [-0.39, 0.29) is 17.0 Å². The maximum Gasteiger partial charge on any atom is 0.123 e. The molecule has 0 amide bonds. The average Bonchev–Trinajstić information content (AvgIpc) is 3.37. The lowest BCUT2D eigenvalue weighted by atomic mass is 9.81. The van der Waals surface area contributed by atoms with Crippen LogP contribution in [0.3, 0.4) is 0 Å². The highest BCUT2D eigenvalue weighted by molar-refractivity contribution is 5.97. The van der Waals surface area contributed by atoms with E-state index in [0.717, 1.165) is 50.5 Å². The van der Waals surface area contributed by atoms with Crippen molar-refractivity contribution in [2.45, 2.75) is 19.3 Å². The van der Waals surface area contributed by atoms with E-state index in [4.69, 9.17) is 0 Å². The minimum Gasteiger partial charge on any atom is -0.310 e. The number of nitrogens with zero attached hydrogens (tertiary/aromatic N) is 4. The Labute approximate surface area is 295 Å². The molecule has 7 aromatic carbocycles. The summed E-state index contributed by atoms with van der Waals surface area (Å²) >= 11 is 0. The van der Waals surface area contributed by atoms with Crippen molar-refractivity contribution >= 4 is 44.9 Å². The second-order valence-electron chi connectivity index (χ2n) is 13.2. The molecule has 6 heteroatoms. The number of halogens is 2. The molecule has 7 aromatic rings. The molecule has 4 nitrogen and oxygen atoms in total. The van der Waals surface area contributed by atoms with E-state index in [1.807, 2.05) is 24.3 Å². The first kappa shape index (κ1) is 31.5. The summed E-state index contributed by atoms with van der Waals surface area (Å²) in [5.74, 6) is -0.618. The summed E-state index contributed by atoms with van der Waals surface area (Å²) in [6, 6.07) is 49.3. The second kappa shape index (κ2) is 12.3. The van der Waals surface area contributed by atoms with Crippen molar-refractivity contribution in [2.24, 2.45) is 0 Å². The molecule has 0 unspecified atom stereocenters. The van der Waals surface area contributed by atoms with E-state index in [9.17, 15) is 19.3 Å². The largest absolute Gasteiger partial charge is 0.310 e. The SMILES string of the molecule is CC1(C)c2cc(N(c3ccc(F)cc3)c3ccc(C#N)cc3)ccc2-c2cc3ccc(N(c4ccc(F)cc4)c4ccc(C#N)cc4)cc3cc21. The van der Waals surface area contributed by atoms with Crippen LogP contribution < -0.4 is 9.80 Å². The van der Waals surface area contributed by atoms with Crippen LogP contribution in [0.25, 0.3) is 21.9 Å². The summed E-state index contributed by atoms with van der Waals surface area (Å²) in [6.07, 6.45) is 0. The molecule has 1 aliphatic rings. The summed E-state index contributed by atoms with van der Waals surface area (Å²) in [7, 11) is 0. The Hall–Kier alpha value is -6.76. The van der Waals surface area contributed by atoms with Gasteiger partial charge in [0.2, 0.25) is 0 Å². The van der Waals surface area contributed by atoms with Gasteiger partial charge in [0.15, 0.2) is 0 Å². The minimum absolute atomic E-state index is 0.308. The van der Waals surface area contributed by atoms with Crippen molar-refractivity contribution in [3.8, 4) is 23.3 Å². The molecule has 0 heterocycles. The van der Waals surface area contributed by atoms with E-state index in [1.165, 1.54) is 41.0 Å². The number of rotatable bonds is 6. The quantitative estimate of drug-likeness (QED) is 0.178. The number of hydrogen-bond acceptors (Lipinski definition) is 4. The molecule has 0 saturated carbocycles. The van der Waals surface area contributed by atoms with Crippen molar-refractivity contribution in [3.63, 3.8) is 0 Å². The highest BCUT2D eigenvalue weighted by Gasteiger charge is 2.36. The Morgan fingerprint density at radius 1 is 0.431 bits per heavy atom. The molecular weight excluding hydrogens is 635 g/mol. The van der Waals surface area contributed by atoms with Gasteiger partial charge in [-0.05, 0) is 166 Å². The summed E-state index contributed by atoms with van der Waals surface area (Å²) in [6.45, 7) is 4.48. The van der Waals surface area contributed by atoms with Gasteiger partial charge in [-0.25, -0.2) is 8.78 Å². The van der Waals surface area contributed by atoms with Gasteiger partial charge in [0.1, 0.15) is 11.6 Å². The molecule has 0 saturated heterocycles. The maximum atomic E-state index is 14.0. The fourth-order valence-corrected chi connectivity index (χ4v) is 7.18. The smallest absolute Gasteiger partial charge is 0.123 e. The molecule has 0 atom stereocenters. The molecule has 0 aromatic heterocycles. The number of benzene rings is 7. The Bertz CT molecular complexity index is 2530. The van der Waals surface area contributed by atoms with Gasteiger partial charge in [-0.3, -0.25) is 0 Å². The zero-order valence-corrected chi connectivity index (χ0v) is 27.9. The maximum absolute atomic E-state index is 14.0. The highest BCUT2D eigenvalue weighted by Crippen LogP contribution is 2.52. The molecule has 0 spiro atoms. The summed E-state index contributed by atoms with van der Waals surface area (Å²) < 4.78 is 28.0. The van der Waals surface area contributed by atoms with Gasteiger partial charge >= 0.3 is 0 Å². The fourth-order valence-electron chi connectivity index (χ4n) is 7.18. The van der Waals surface area contributed by atoms with E-state index in [1.54, 1.807) is 48.5 Å². The molecule has 0 aliphatic heterocycles. The standard InChI is InChI=1S/C45H30F2N4/c1-45(2)43-25-32-23-39(50(37-17-8-33(46)9-18-37)35-12-3-29(27-48)4-13-35)16-7-31(32)24-42(43)41-22-21-40(26-44(41)45)51(38-19-10-34(47)11-20-38)36-14-5-30(28-49)6-15-36/h3-26H,1-2H3. The molecule has 8 rings (SSSR count). The van der Waals surface area contributed by atoms with Gasteiger partial charge in [0, 0.05) is 39.5 Å². The monoisotopic (exact) mass is 664 g/mol. The summed E-state index contributed by atoms with van der Waals surface area (Å²) in [5.41, 5.74) is 10.7. The number of nitriles is 2. The van der Waals surface area contributed by atoms with Crippen LogP contribution in [0.15, 0.2) is 146 Å². The van der Waals surface area contributed by atoms with Crippen LogP contribution in [-0.2, 0) is 5.41 Å². The van der Waals surface area contributed by atoms with Crippen molar-refractivity contribution < 1.29 is 8.78 Å². The Balaban J connectivity index is 1.22. The molecule has 0 N–H and O–H groups in total. The van der Waals surface area contributed by atoms with E-state index < -0.39 is 0 Å². The molecule has 0 radical (unpaired) electrons. The molecule has 0 bridgehead atoms. The second-order valence-corrected chi connectivity index (χ2v) is 13.2. The summed E-state index contributed by atoms with van der Waals surface area (Å²) in [4.78, 5) is 4.14. The van der Waals surface area contributed by atoms with Gasteiger partial charge < -0.3 is 9.80 Å². The molecular formula is C45H30F2N4. The Morgan fingerprint density at radius 3 is 1.33 bits per heavy atom. The summed E-state index contributed by atoms with van der Waals surface area (Å²) in [5, 5.41) is 20.9. The van der Waals surface area contributed by atoms with Crippen LogP contribution in [0.5, 0.6) is 0 Å². The van der Waals surface area contributed by atoms with E-state index in [2.05, 4.69) is 84.3 Å². The predicted octanol–water partition coefficient (Wildman–Crippen LogP) is 12.1. The van der Waals surface area contributed by atoms with Crippen LogP contribution in [0.1, 0.15) is 36.1 Å². The predicted molar refractivity (Wildman–Crippen MR) is 200 cm³/mol. The molecule has 1 aliphatic carbocycles. The molecule has 244 valence electrons. The zero-order chi connectivity index (χ0) is 35.3. The average molecular weight is 665 g/mol. The molecule has 51 heavy (non-hydrogen) atoms. The topological polar surface area (TPSA) is 54.1 Å². The van der Waals surface area contributed by atoms with Crippen LogP contribution in [0.4, 0.5) is 42.9 Å². The van der Waals surface area contributed by atoms with Crippen LogP contribution >= 0.6 is 0 Å². The Morgan fingerprint density at radius 2 is 0.843 bits per heavy atom. The normalized spacial score (nSPS) is 12.4. The van der Waals surface area contributed by atoms with Crippen molar-refractivity contribution in [1.29, 1.82) is 10.5 Å². The first-order chi connectivity index (χ1) is 24.7. The third-order valence-corrected chi connectivity index (χ3v) is 9.80. The third kappa shape index (κ3) is 5.54. The first-order valence-corrected chi connectivity index (χ1v) is 16.6. The van der Waals surface area contributed by atoms with Gasteiger partial charge in [-0.2, -0.15) is 10.5 Å². The number of anilines is 6.